The summed E-state index contributed by atoms with van der Waals surface area (Å²) in [5.74, 6) is -0.472. The Morgan fingerprint density at radius 2 is 2.16 bits per heavy atom. The number of aryl methyl sites for hydroxylation is 2. The van der Waals surface area contributed by atoms with Crippen molar-refractivity contribution in [3.63, 3.8) is 0 Å². The quantitative estimate of drug-likeness (QED) is 0.839. The van der Waals surface area contributed by atoms with E-state index in [2.05, 4.69) is 10.2 Å². The third-order valence-electron chi connectivity index (χ3n) is 2.60. The minimum absolute atomic E-state index is 0.0910. The zero-order chi connectivity index (χ0) is 14.4. The van der Waals surface area contributed by atoms with Gasteiger partial charge < -0.3 is 10.6 Å². The van der Waals surface area contributed by atoms with Crippen LogP contribution >= 0.6 is 0 Å². The Balaban J connectivity index is 3.04. The molecule has 7 heteroatoms. The molecule has 19 heavy (non-hydrogen) atoms. The first-order valence-electron chi connectivity index (χ1n) is 6.10. The summed E-state index contributed by atoms with van der Waals surface area (Å²) in [6, 6.07) is 1.57. The summed E-state index contributed by atoms with van der Waals surface area (Å²) in [6.45, 7) is 3.13. The van der Waals surface area contributed by atoms with Crippen LogP contribution < -0.4 is 5.73 Å². The SMILES string of the molecule is CCc1nnc(C)cc1C(=O)N(CCN)CC(F)F. The van der Waals surface area contributed by atoms with E-state index in [0.717, 1.165) is 4.90 Å². The topological polar surface area (TPSA) is 72.1 Å². The molecule has 0 saturated carbocycles. The Hall–Kier alpha value is -1.63. The van der Waals surface area contributed by atoms with Crippen LogP contribution in [0.5, 0.6) is 0 Å². The first-order chi connectivity index (χ1) is 8.99. The van der Waals surface area contributed by atoms with Crippen molar-refractivity contribution in [3.05, 3.63) is 23.0 Å². The highest BCUT2D eigenvalue weighted by Gasteiger charge is 2.22. The van der Waals surface area contributed by atoms with Crippen molar-refractivity contribution >= 4 is 5.91 Å². The summed E-state index contributed by atoms with van der Waals surface area (Å²) in [6.07, 6.45) is -2.07. The third kappa shape index (κ3) is 4.20. The Kier molecular flexibility index (Phi) is 5.75. The van der Waals surface area contributed by atoms with Crippen molar-refractivity contribution in [3.8, 4) is 0 Å². The summed E-state index contributed by atoms with van der Waals surface area (Å²) < 4.78 is 25.0. The number of hydrogen-bond acceptors (Lipinski definition) is 4. The first-order valence-corrected chi connectivity index (χ1v) is 6.10. The molecule has 0 spiro atoms. The van der Waals surface area contributed by atoms with Gasteiger partial charge in [0.25, 0.3) is 12.3 Å². The molecule has 0 aromatic carbocycles. The minimum atomic E-state index is -2.59. The van der Waals surface area contributed by atoms with E-state index in [1.54, 1.807) is 13.0 Å². The zero-order valence-electron chi connectivity index (χ0n) is 11.1. The summed E-state index contributed by atoms with van der Waals surface area (Å²) in [5, 5.41) is 7.79. The Morgan fingerprint density at radius 1 is 1.47 bits per heavy atom. The summed E-state index contributed by atoms with van der Waals surface area (Å²) in [7, 11) is 0. The van der Waals surface area contributed by atoms with Crippen LogP contribution in [-0.2, 0) is 6.42 Å². The zero-order valence-corrected chi connectivity index (χ0v) is 11.1. The van der Waals surface area contributed by atoms with Crippen LogP contribution in [0, 0.1) is 6.92 Å². The number of halogens is 2. The molecule has 0 atom stereocenters. The fourth-order valence-electron chi connectivity index (χ4n) is 1.73. The van der Waals surface area contributed by atoms with Crippen LogP contribution in [0.4, 0.5) is 8.78 Å². The molecule has 0 bridgehead atoms. The maximum atomic E-state index is 12.5. The van der Waals surface area contributed by atoms with E-state index < -0.39 is 18.9 Å². The summed E-state index contributed by atoms with van der Waals surface area (Å²) in [4.78, 5) is 13.3. The molecule has 0 radical (unpaired) electrons. The molecule has 0 aliphatic rings. The molecule has 106 valence electrons. The van der Waals surface area contributed by atoms with Gasteiger partial charge in [-0.15, -0.1) is 0 Å². The Bertz CT molecular complexity index is 440. The molecule has 0 aliphatic heterocycles. The number of alkyl halides is 2. The number of nitrogens with two attached hydrogens (primary N) is 1. The van der Waals surface area contributed by atoms with Crippen molar-refractivity contribution < 1.29 is 13.6 Å². The van der Waals surface area contributed by atoms with Gasteiger partial charge >= 0.3 is 0 Å². The molecule has 2 N–H and O–H groups in total. The van der Waals surface area contributed by atoms with E-state index in [1.165, 1.54) is 0 Å². The van der Waals surface area contributed by atoms with Gasteiger partial charge in [0, 0.05) is 13.1 Å². The molecule has 0 aliphatic carbocycles. The fourth-order valence-corrected chi connectivity index (χ4v) is 1.73. The lowest BCUT2D eigenvalue weighted by Crippen LogP contribution is -2.39. The smallest absolute Gasteiger partial charge is 0.256 e. The third-order valence-corrected chi connectivity index (χ3v) is 2.60. The molecule has 1 aromatic heterocycles. The van der Waals surface area contributed by atoms with Gasteiger partial charge in [0.05, 0.1) is 23.5 Å². The molecular weight excluding hydrogens is 254 g/mol. The standard InChI is InChI=1S/C12H18F2N4O/c1-3-10-9(6-8(2)16-17-10)12(19)18(5-4-15)7-11(13)14/h6,11H,3-5,7,15H2,1-2H3. The predicted molar refractivity (Wildman–Crippen MR) is 67.1 cm³/mol. The first kappa shape index (κ1) is 15.4. The average molecular weight is 272 g/mol. The highest BCUT2D eigenvalue weighted by Crippen LogP contribution is 2.12. The molecule has 1 amide bonds. The molecule has 5 nitrogen and oxygen atoms in total. The maximum Gasteiger partial charge on any atom is 0.256 e. The second-order valence-corrected chi connectivity index (χ2v) is 4.13. The maximum absolute atomic E-state index is 12.5. The molecule has 0 saturated heterocycles. The normalized spacial score (nSPS) is 10.8. The van der Waals surface area contributed by atoms with Gasteiger partial charge in [-0.1, -0.05) is 6.92 Å². The van der Waals surface area contributed by atoms with Gasteiger partial charge in [-0.05, 0) is 19.4 Å². The van der Waals surface area contributed by atoms with E-state index >= 15 is 0 Å². The van der Waals surface area contributed by atoms with Crippen molar-refractivity contribution in [1.82, 2.24) is 15.1 Å². The van der Waals surface area contributed by atoms with Crippen molar-refractivity contribution in [2.45, 2.75) is 26.7 Å². The molecule has 0 unspecified atom stereocenters. The van der Waals surface area contributed by atoms with E-state index in [4.69, 9.17) is 5.73 Å². The number of carbonyl (C=O) groups excluding carboxylic acids is 1. The molecular formula is C12H18F2N4O. The number of nitrogens with zero attached hydrogens (tertiary/aromatic N) is 3. The minimum Gasteiger partial charge on any atom is -0.332 e. The van der Waals surface area contributed by atoms with E-state index in [1.807, 2.05) is 6.92 Å². The van der Waals surface area contributed by atoms with Crippen molar-refractivity contribution in [2.24, 2.45) is 5.73 Å². The van der Waals surface area contributed by atoms with Crippen LogP contribution in [0.1, 0.15) is 28.7 Å². The van der Waals surface area contributed by atoms with Crippen LogP contribution in [0.3, 0.4) is 0 Å². The van der Waals surface area contributed by atoms with Crippen LogP contribution in [-0.4, -0.2) is 47.1 Å². The van der Waals surface area contributed by atoms with E-state index in [0.29, 0.717) is 23.4 Å². The second kappa shape index (κ2) is 7.08. The lowest BCUT2D eigenvalue weighted by molar-refractivity contribution is 0.0561. The molecule has 1 aromatic rings. The summed E-state index contributed by atoms with van der Waals surface area (Å²) in [5.41, 5.74) is 6.76. The second-order valence-electron chi connectivity index (χ2n) is 4.13. The van der Waals surface area contributed by atoms with E-state index in [9.17, 15) is 13.6 Å². The van der Waals surface area contributed by atoms with E-state index in [-0.39, 0.29) is 13.1 Å². The molecule has 0 fully saturated rings. The van der Waals surface area contributed by atoms with Gasteiger partial charge in [-0.25, -0.2) is 8.78 Å². The number of carbonyl (C=O) groups is 1. The monoisotopic (exact) mass is 272 g/mol. The highest BCUT2D eigenvalue weighted by molar-refractivity contribution is 5.95. The largest absolute Gasteiger partial charge is 0.332 e. The van der Waals surface area contributed by atoms with Gasteiger partial charge in [0.1, 0.15) is 0 Å². The number of hydrogen-bond donors (Lipinski definition) is 1. The fraction of sp³-hybridized carbons (Fsp3) is 0.583. The lowest BCUT2D eigenvalue weighted by Gasteiger charge is -2.22. The number of amides is 1. The van der Waals surface area contributed by atoms with Crippen molar-refractivity contribution in [1.29, 1.82) is 0 Å². The van der Waals surface area contributed by atoms with Crippen LogP contribution in [0.25, 0.3) is 0 Å². The van der Waals surface area contributed by atoms with Gasteiger partial charge in [-0.3, -0.25) is 4.79 Å². The van der Waals surface area contributed by atoms with Crippen LogP contribution in [0.2, 0.25) is 0 Å². The van der Waals surface area contributed by atoms with Gasteiger partial charge in [0.2, 0.25) is 0 Å². The molecule has 1 rings (SSSR count). The van der Waals surface area contributed by atoms with Gasteiger partial charge in [-0.2, -0.15) is 10.2 Å². The Labute approximate surface area is 110 Å². The predicted octanol–water partition coefficient (Wildman–Crippen LogP) is 1.01. The van der Waals surface area contributed by atoms with Crippen molar-refractivity contribution in [2.75, 3.05) is 19.6 Å². The lowest BCUT2D eigenvalue weighted by atomic mass is 10.1. The summed E-state index contributed by atoms with van der Waals surface area (Å²) >= 11 is 0. The Morgan fingerprint density at radius 3 is 2.68 bits per heavy atom. The van der Waals surface area contributed by atoms with Gasteiger partial charge in [0.15, 0.2) is 0 Å². The highest BCUT2D eigenvalue weighted by atomic mass is 19.3. The average Bonchev–Trinajstić information content (AvgIpc) is 2.37. The number of rotatable bonds is 6. The van der Waals surface area contributed by atoms with Crippen LogP contribution in [0.15, 0.2) is 6.07 Å². The molecule has 1 heterocycles. The number of aromatic nitrogens is 2.